The monoisotopic (exact) mass is 345 g/mol. The average molecular weight is 345 g/mol. The van der Waals surface area contributed by atoms with Crippen LogP contribution in [0.1, 0.15) is 64.9 Å². The van der Waals surface area contributed by atoms with Crippen LogP contribution in [0.15, 0.2) is 30.3 Å². The lowest BCUT2D eigenvalue weighted by Crippen LogP contribution is -2.44. The van der Waals surface area contributed by atoms with E-state index in [-0.39, 0.29) is 0 Å². The van der Waals surface area contributed by atoms with Crippen molar-refractivity contribution in [3.63, 3.8) is 0 Å². The lowest BCUT2D eigenvalue weighted by Gasteiger charge is -2.33. The summed E-state index contributed by atoms with van der Waals surface area (Å²) in [5.74, 6) is 0.518. The van der Waals surface area contributed by atoms with Gasteiger partial charge in [0.05, 0.1) is 6.04 Å². The number of nitrogens with zero attached hydrogens (tertiary/aromatic N) is 1. The molecule has 1 unspecified atom stereocenters. The second-order valence-corrected chi connectivity index (χ2v) is 8.04. The van der Waals surface area contributed by atoms with Crippen LogP contribution in [0.5, 0.6) is 0 Å². The molecule has 1 aromatic carbocycles. The third-order valence-electron chi connectivity index (χ3n) is 4.68. The van der Waals surface area contributed by atoms with Crippen molar-refractivity contribution in [3.8, 4) is 0 Å². The predicted molar refractivity (Wildman–Crippen MR) is 99.3 cm³/mol. The summed E-state index contributed by atoms with van der Waals surface area (Å²) in [5.41, 5.74) is 0.424. The van der Waals surface area contributed by atoms with Crippen LogP contribution < -0.4 is 0 Å². The zero-order valence-electron chi connectivity index (χ0n) is 15.7. The third kappa shape index (κ3) is 6.52. The standard InChI is InChI=1S/C21H31NO3/c1-21(2,3)25-20(24)22(15-18-12-8-5-9-13-18)19(16-23)14-17-10-6-4-7-11-17/h5,8-9,12-13,16-17,19H,4,6-7,10-11,14-15H2,1-3H3. The van der Waals surface area contributed by atoms with E-state index < -0.39 is 17.7 Å². The summed E-state index contributed by atoms with van der Waals surface area (Å²) in [6, 6.07) is 9.35. The number of carbonyl (C=O) groups is 2. The highest BCUT2D eigenvalue weighted by Crippen LogP contribution is 2.29. The fraction of sp³-hybridized carbons (Fsp3) is 0.619. The van der Waals surface area contributed by atoms with Crippen LogP contribution in [0.25, 0.3) is 0 Å². The van der Waals surface area contributed by atoms with Crippen LogP contribution in [0.3, 0.4) is 0 Å². The quantitative estimate of drug-likeness (QED) is 0.685. The Morgan fingerprint density at radius 1 is 1.20 bits per heavy atom. The second kappa shape index (κ2) is 9.02. The molecule has 0 radical (unpaired) electrons. The van der Waals surface area contributed by atoms with Crippen molar-refractivity contribution in [1.29, 1.82) is 0 Å². The molecule has 0 aliphatic heterocycles. The first kappa shape index (κ1) is 19.5. The van der Waals surface area contributed by atoms with Crippen molar-refractivity contribution < 1.29 is 14.3 Å². The van der Waals surface area contributed by atoms with E-state index in [0.29, 0.717) is 12.5 Å². The molecular formula is C21H31NO3. The zero-order chi connectivity index (χ0) is 18.3. The number of benzene rings is 1. The molecule has 0 heterocycles. The Balaban J connectivity index is 2.14. The fourth-order valence-electron chi connectivity index (χ4n) is 3.44. The molecule has 1 atom stereocenters. The molecule has 25 heavy (non-hydrogen) atoms. The molecule has 0 aromatic heterocycles. The third-order valence-corrected chi connectivity index (χ3v) is 4.68. The van der Waals surface area contributed by atoms with E-state index in [1.54, 1.807) is 4.90 Å². The van der Waals surface area contributed by atoms with E-state index in [1.165, 1.54) is 19.3 Å². The van der Waals surface area contributed by atoms with E-state index in [9.17, 15) is 9.59 Å². The molecule has 4 heteroatoms. The Morgan fingerprint density at radius 2 is 1.84 bits per heavy atom. The predicted octanol–water partition coefficient (Wildman–Crippen LogP) is 4.96. The van der Waals surface area contributed by atoms with E-state index in [2.05, 4.69) is 0 Å². The highest BCUT2D eigenvalue weighted by Gasteiger charge is 2.30. The van der Waals surface area contributed by atoms with Gasteiger partial charge in [-0.25, -0.2) is 4.79 Å². The minimum atomic E-state index is -0.579. The summed E-state index contributed by atoms with van der Waals surface area (Å²) < 4.78 is 5.57. The highest BCUT2D eigenvalue weighted by molar-refractivity contribution is 5.73. The molecule has 0 saturated heterocycles. The van der Waals surface area contributed by atoms with Gasteiger partial charge in [-0.05, 0) is 38.7 Å². The number of hydrogen-bond donors (Lipinski definition) is 0. The Kier molecular flexibility index (Phi) is 7.03. The second-order valence-electron chi connectivity index (χ2n) is 8.04. The topological polar surface area (TPSA) is 46.6 Å². The first-order chi connectivity index (χ1) is 11.9. The smallest absolute Gasteiger partial charge is 0.411 e. The fourth-order valence-corrected chi connectivity index (χ4v) is 3.44. The lowest BCUT2D eigenvalue weighted by atomic mass is 9.84. The van der Waals surface area contributed by atoms with Crippen molar-refractivity contribution >= 4 is 12.4 Å². The number of aldehydes is 1. The van der Waals surface area contributed by atoms with Crippen LogP contribution in [0.2, 0.25) is 0 Å². The molecular weight excluding hydrogens is 314 g/mol. The molecule has 1 aliphatic carbocycles. The highest BCUT2D eigenvalue weighted by atomic mass is 16.6. The van der Waals surface area contributed by atoms with E-state index in [0.717, 1.165) is 31.1 Å². The first-order valence-electron chi connectivity index (χ1n) is 9.38. The average Bonchev–Trinajstić information content (AvgIpc) is 2.58. The van der Waals surface area contributed by atoms with Gasteiger partial charge in [0.15, 0.2) is 0 Å². The summed E-state index contributed by atoms with van der Waals surface area (Å²) in [6.07, 6.45) is 7.27. The largest absolute Gasteiger partial charge is 0.444 e. The van der Waals surface area contributed by atoms with Gasteiger partial charge in [0, 0.05) is 6.54 Å². The minimum absolute atomic E-state index is 0.395. The van der Waals surface area contributed by atoms with Gasteiger partial charge in [0.25, 0.3) is 0 Å². The summed E-state index contributed by atoms with van der Waals surface area (Å²) in [4.78, 5) is 26.2. The van der Waals surface area contributed by atoms with Gasteiger partial charge in [0.1, 0.15) is 11.9 Å². The van der Waals surface area contributed by atoms with Gasteiger partial charge in [-0.1, -0.05) is 62.4 Å². The lowest BCUT2D eigenvalue weighted by molar-refractivity contribution is -0.113. The van der Waals surface area contributed by atoms with Crippen LogP contribution >= 0.6 is 0 Å². The molecule has 2 rings (SSSR count). The van der Waals surface area contributed by atoms with Crippen molar-refractivity contribution in [3.05, 3.63) is 35.9 Å². The zero-order valence-corrected chi connectivity index (χ0v) is 15.7. The SMILES string of the molecule is CC(C)(C)OC(=O)N(Cc1ccccc1)C(C=O)CC1CCCCC1. The molecule has 1 saturated carbocycles. The normalized spacial score (nSPS) is 16.9. The molecule has 1 fully saturated rings. The van der Waals surface area contributed by atoms with Crippen LogP contribution in [-0.4, -0.2) is 28.9 Å². The maximum Gasteiger partial charge on any atom is 0.411 e. The maximum absolute atomic E-state index is 12.8. The van der Waals surface area contributed by atoms with E-state index in [4.69, 9.17) is 4.74 Å². The Labute approximate surface area is 151 Å². The van der Waals surface area contributed by atoms with Crippen molar-refractivity contribution in [2.24, 2.45) is 5.92 Å². The van der Waals surface area contributed by atoms with Crippen LogP contribution in [0, 0.1) is 5.92 Å². The molecule has 138 valence electrons. The number of rotatable bonds is 6. The van der Waals surface area contributed by atoms with E-state index in [1.807, 2.05) is 51.1 Å². The minimum Gasteiger partial charge on any atom is -0.444 e. The van der Waals surface area contributed by atoms with Gasteiger partial charge in [-0.3, -0.25) is 4.90 Å². The van der Waals surface area contributed by atoms with Gasteiger partial charge >= 0.3 is 6.09 Å². The van der Waals surface area contributed by atoms with Crippen molar-refractivity contribution in [2.45, 2.75) is 77.5 Å². The van der Waals surface area contributed by atoms with Gasteiger partial charge in [-0.15, -0.1) is 0 Å². The summed E-state index contributed by atoms with van der Waals surface area (Å²) in [7, 11) is 0. The first-order valence-corrected chi connectivity index (χ1v) is 9.38. The van der Waals surface area contributed by atoms with Gasteiger partial charge < -0.3 is 9.53 Å². The molecule has 1 amide bonds. The molecule has 0 N–H and O–H groups in total. The molecule has 0 spiro atoms. The summed E-state index contributed by atoms with van der Waals surface area (Å²) in [6.45, 7) is 5.94. The van der Waals surface area contributed by atoms with Crippen molar-refractivity contribution in [2.75, 3.05) is 0 Å². The van der Waals surface area contributed by atoms with Crippen molar-refractivity contribution in [1.82, 2.24) is 4.90 Å². The molecule has 4 nitrogen and oxygen atoms in total. The summed E-state index contributed by atoms with van der Waals surface area (Å²) >= 11 is 0. The Hall–Kier alpha value is -1.84. The van der Waals surface area contributed by atoms with E-state index >= 15 is 0 Å². The molecule has 0 bridgehead atoms. The number of hydrogen-bond acceptors (Lipinski definition) is 3. The van der Waals surface area contributed by atoms with Crippen LogP contribution in [-0.2, 0) is 16.1 Å². The maximum atomic E-state index is 12.8. The Bertz CT molecular complexity index is 544. The summed E-state index contributed by atoms with van der Waals surface area (Å²) in [5, 5.41) is 0. The molecule has 1 aromatic rings. The van der Waals surface area contributed by atoms with Gasteiger partial charge in [-0.2, -0.15) is 0 Å². The number of carbonyl (C=O) groups excluding carboxylic acids is 2. The number of ether oxygens (including phenoxy) is 1. The Morgan fingerprint density at radius 3 is 2.40 bits per heavy atom. The van der Waals surface area contributed by atoms with Gasteiger partial charge in [0.2, 0.25) is 0 Å². The van der Waals surface area contributed by atoms with Crippen LogP contribution in [0.4, 0.5) is 4.79 Å². The molecule has 1 aliphatic rings. The number of amides is 1.